The molecule has 3 nitrogen and oxygen atoms in total. The summed E-state index contributed by atoms with van der Waals surface area (Å²) >= 11 is 0. The Kier molecular flexibility index (Phi) is 4.45. The van der Waals surface area contributed by atoms with Gasteiger partial charge in [-0.05, 0) is 44.5 Å². The van der Waals surface area contributed by atoms with E-state index in [9.17, 15) is 4.79 Å². The zero-order valence-electron chi connectivity index (χ0n) is 13.0. The molecule has 0 aliphatic heterocycles. The standard InChI is InChI=1S/C15H25NO2Si/c1-11-8-9-13(19(5,6)7)12(10-11)16-14(17)18-15(2,3)4/h8-10H,1-7H3,(H,16,17). The first kappa shape index (κ1) is 15.8. The molecule has 0 aromatic heterocycles. The van der Waals surface area contributed by atoms with Crippen LogP contribution in [0.5, 0.6) is 0 Å². The van der Waals surface area contributed by atoms with Crippen LogP contribution in [0.25, 0.3) is 0 Å². The van der Waals surface area contributed by atoms with E-state index < -0.39 is 19.8 Å². The van der Waals surface area contributed by atoms with Crippen LogP contribution in [-0.4, -0.2) is 19.8 Å². The minimum absolute atomic E-state index is 0.391. The van der Waals surface area contributed by atoms with E-state index in [4.69, 9.17) is 4.74 Å². The van der Waals surface area contributed by atoms with Gasteiger partial charge in [-0.1, -0.05) is 31.8 Å². The number of hydrogen-bond donors (Lipinski definition) is 1. The molecule has 1 aromatic rings. The highest BCUT2D eigenvalue weighted by atomic mass is 28.3. The number of nitrogens with one attached hydrogen (secondary N) is 1. The van der Waals surface area contributed by atoms with Crippen LogP contribution < -0.4 is 10.5 Å². The van der Waals surface area contributed by atoms with Crippen molar-refractivity contribution in [3.63, 3.8) is 0 Å². The van der Waals surface area contributed by atoms with Crippen molar-refractivity contribution in [3.05, 3.63) is 23.8 Å². The molecule has 0 heterocycles. The lowest BCUT2D eigenvalue weighted by atomic mass is 10.2. The van der Waals surface area contributed by atoms with Crippen LogP contribution in [0, 0.1) is 6.92 Å². The van der Waals surface area contributed by atoms with Crippen LogP contribution in [0.4, 0.5) is 10.5 Å². The molecule has 1 N–H and O–H groups in total. The number of carbonyl (C=O) groups is 1. The Morgan fingerprint density at radius 3 is 2.26 bits per heavy atom. The van der Waals surface area contributed by atoms with E-state index in [-0.39, 0.29) is 0 Å². The predicted octanol–water partition coefficient (Wildman–Crippen LogP) is 3.89. The minimum Gasteiger partial charge on any atom is -0.444 e. The zero-order chi connectivity index (χ0) is 14.8. The third kappa shape index (κ3) is 5.07. The van der Waals surface area contributed by atoms with E-state index in [1.807, 2.05) is 33.8 Å². The molecule has 0 fully saturated rings. The first-order valence-corrected chi connectivity index (χ1v) is 10.1. The lowest BCUT2D eigenvalue weighted by molar-refractivity contribution is 0.0636. The van der Waals surface area contributed by atoms with Gasteiger partial charge in [-0.25, -0.2) is 4.79 Å². The number of hydrogen-bond acceptors (Lipinski definition) is 2. The Balaban J connectivity index is 3.00. The van der Waals surface area contributed by atoms with Crippen LogP contribution in [0.15, 0.2) is 18.2 Å². The summed E-state index contributed by atoms with van der Waals surface area (Å²) < 4.78 is 5.31. The molecule has 1 aromatic carbocycles. The Hall–Kier alpha value is -1.29. The van der Waals surface area contributed by atoms with E-state index in [0.717, 1.165) is 11.3 Å². The van der Waals surface area contributed by atoms with E-state index >= 15 is 0 Å². The van der Waals surface area contributed by atoms with Gasteiger partial charge in [-0.15, -0.1) is 0 Å². The number of amides is 1. The summed E-state index contributed by atoms with van der Waals surface area (Å²) in [7, 11) is -1.50. The van der Waals surface area contributed by atoms with Crippen molar-refractivity contribution < 1.29 is 9.53 Å². The van der Waals surface area contributed by atoms with Gasteiger partial charge in [0.15, 0.2) is 0 Å². The monoisotopic (exact) mass is 279 g/mol. The van der Waals surface area contributed by atoms with Crippen molar-refractivity contribution in [2.45, 2.75) is 52.9 Å². The van der Waals surface area contributed by atoms with Crippen LogP contribution >= 0.6 is 0 Å². The third-order valence-electron chi connectivity index (χ3n) is 2.62. The lowest BCUT2D eigenvalue weighted by Gasteiger charge is -2.24. The fraction of sp³-hybridized carbons (Fsp3) is 0.533. The molecule has 19 heavy (non-hydrogen) atoms. The molecule has 0 radical (unpaired) electrons. The summed E-state index contributed by atoms with van der Waals surface area (Å²) in [6.07, 6.45) is -0.391. The molecule has 4 heteroatoms. The van der Waals surface area contributed by atoms with Crippen molar-refractivity contribution in [1.82, 2.24) is 0 Å². The first-order valence-electron chi connectivity index (χ1n) is 6.60. The number of benzene rings is 1. The summed E-state index contributed by atoms with van der Waals surface area (Å²) in [4.78, 5) is 11.9. The van der Waals surface area contributed by atoms with Gasteiger partial charge >= 0.3 is 6.09 Å². The molecule has 0 aliphatic carbocycles. The molecule has 0 aliphatic rings. The van der Waals surface area contributed by atoms with Crippen LogP contribution in [0.1, 0.15) is 26.3 Å². The predicted molar refractivity (Wildman–Crippen MR) is 84.0 cm³/mol. The van der Waals surface area contributed by atoms with Gasteiger partial charge < -0.3 is 4.74 Å². The van der Waals surface area contributed by atoms with Crippen molar-refractivity contribution in [2.75, 3.05) is 5.32 Å². The van der Waals surface area contributed by atoms with Gasteiger partial charge in [0.05, 0.1) is 8.07 Å². The number of carbonyl (C=O) groups excluding carboxylic acids is 1. The lowest BCUT2D eigenvalue weighted by Crippen LogP contribution is -2.40. The molecule has 0 atom stereocenters. The second-order valence-electron chi connectivity index (χ2n) is 6.93. The second kappa shape index (κ2) is 5.37. The summed E-state index contributed by atoms with van der Waals surface area (Å²) in [6, 6.07) is 6.22. The Morgan fingerprint density at radius 2 is 1.79 bits per heavy atom. The number of anilines is 1. The van der Waals surface area contributed by atoms with Gasteiger partial charge in [-0.3, -0.25) is 5.32 Å². The maximum absolute atomic E-state index is 11.9. The van der Waals surface area contributed by atoms with Crippen molar-refractivity contribution in [1.29, 1.82) is 0 Å². The summed E-state index contributed by atoms with van der Waals surface area (Å²) in [6.45, 7) is 14.4. The van der Waals surface area contributed by atoms with Gasteiger partial charge in [0, 0.05) is 5.69 Å². The highest BCUT2D eigenvalue weighted by molar-refractivity contribution is 6.89. The van der Waals surface area contributed by atoms with Crippen molar-refractivity contribution in [3.8, 4) is 0 Å². The van der Waals surface area contributed by atoms with Crippen LogP contribution in [-0.2, 0) is 4.74 Å². The van der Waals surface area contributed by atoms with E-state index in [2.05, 4.69) is 37.1 Å². The molecule has 0 saturated carbocycles. The summed E-state index contributed by atoms with van der Waals surface area (Å²) in [5.74, 6) is 0. The number of ether oxygens (including phenoxy) is 1. The second-order valence-corrected chi connectivity index (χ2v) is 12.0. The van der Waals surface area contributed by atoms with E-state index in [1.54, 1.807) is 0 Å². The molecular weight excluding hydrogens is 254 g/mol. The van der Waals surface area contributed by atoms with Gasteiger partial charge in [-0.2, -0.15) is 0 Å². The van der Waals surface area contributed by atoms with E-state index in [1.165, 1.54) is 5.19 Å². The Bertz CT molecular complexity index is 470. The zero-order valence-corrected chi connectivity index (χ0v) is 14.0. The molecule has 0 saturated heterocycles. The average Bonchev–Trinajstić information content (AvgIpc) is 2.11. The van der Waals surface area contributed by atoms with Crippen LogP contribution in [0.3, 0.4) is 0 Å². The highest BCUT2D eigenvalue weighted by Crippen LogP contribution is 2.16. The SMILES string of the molecule is Cc1ccc([Si](C)(C)C)c(NC(=O)OC(C)(C)C)c1. The molecule has 0 bridgehead atoms. The van der Waals surface area contributed by atoms with E-state index in [0.29, 0.717) is 0 Å². The average molecular weight is 279 g/mol. The third-order valence-corrected chi connectivity index (χ3v) is 4.67. The first-order chi connectivity index (χ1) is 8.49. The molecule has 0 spiro atoms. The minimum atomic E-state index is -1.50. The normalized spacial score (nSPS) is 12.2. The summed E-state index contributed by atoms with van der Waals surface area (Å²) in [5.41, 5.74) is 1.54. The maximum atomic E-state index is 11.9. The largest absolute Gasteiger partial charge is 0.444 e. The highest BCUT2D eigenvalue weighted by Gasteiger charge is 2.23. The quantitative estimate of drug-likeness (QED) is 0.834. The molecular formula is C15H25NO2Si. The maximum Gasteiger partial charge on any atom is 0.412 e. The number of rotatable bonds is 2. The molecule has 1 rings (SSSR count). The molecule has 0 unspecified atom stereocenters. The molecule has 106 valence electrons. The van der Waals surface area contributed by atoms with Crippen molar-refractivity contribution >= 4 is 25.0 Å². The summed E-state index contributed by atoms with van der Waals surface area (Å²) in [5, 5.41) is 4.13. The fourth-order valence-electron chi connectivity index (χ4n) is 1.83. The fourth-order valence-corrected chi connectivity index (χ4v) is 3.36. The topological polar surface area (TPSA) is 38.3 Å². The Morgan fingerprint density at radius 1 is 1.21 bits per heavy atom. The number of aryl methyl sites for hydroxylation is 1. The van der Waals surface area contributed by atoms with Gasteiger partial charge in [0.25, 0.3) is 0 Å². The van der Waals surface area contributed by atoms with Crippen LogP contribution in [0.2, 0.25) is 19.6 Å². The smallest absolute Gasteiger partial charge is 0.412 e. The van der Waals surface area contributed by atoms with Gasteiger partial charge in [0.1, 0.15) is 5.60 Å². The van der Waals surface area contributed by atoms with Gasteiger partial charge in [0.2, 0.25) is 0 Å². The Labute approximate surface area is 117 Å². The molecule has 1 amide bonds. The van der Waals surface area contributed by atoms with Crippen molar-refractivity contribution in [2.24, 2.45) is 0 Å².